The first-order valence-electron chi connectivity index (χ1n) is 5.94. The summed E-state index contributed by atoms with van der Waals surface area (Å²) < 4.78 is 10.7. The molecule has 0 radical (unpaired) electrons. The second-order valence-electron chi connectivity index (χ2n) is 4.00. The highest BCUT2D eigenvalue weighted by molar-refractivity contribution is 5.53. The van der Waals surface area contributed by atoms with Crippen LogP contribution >= 0.6 is 0 Å². The Labute approximate surface area is 115 Å². The van der Waals surface area contributed by atoms with E-state index >= 15 is 0 Å². The first-order valence-corrected chi connectivity index (χ1v) is 5.94. The van der Waals surface area contributed by atoms with Gasteiger partial charge in [0.15, 0.2) is 0 Å². The molecule has 0 amide bonds. The quantitative estimate of drug-likeness (QED) is 0.669. The van der Waals surface area contributed by atoms with Gasteiger partial charge in [-0.25, -0.2) is 0 Å². The summed E-state index contributed by atoms with van der Waals surface area (Å²) in [6.45, 7) is 0.286. The lowest BCUT2D eigenvalue weighted by atomic mass is 10.2. The minimum atomic E-state index is -0.500. The molecule has 2 N–H and O–H groups in total. The SMILES string of the molecule is COc1ccc([N+](=O)[O-])c(Oc2ccccc2CN)c1. The van der Waals surface area contributed by atoms with Crippen LogP contribution in [-0.4, -0.2) is 12.0 Å². The van der Waals surface area contributed by atoms with Gasteiger partial charge in [-0.05, 0) is 12.1 Å². The second-order valence-corrected chi connectivity index (χ2v) is 4.00. The molecule has 0 bridgehead atoms. The van der Waals surface area contributed by atoms with Gasteiger partial charge in [0, 0.05) is 24.2 Å². The Bertz CT molecular complexity index is 628. The Morgan fingerprint density at radius 3 is 2.60 bits per heavy atom. The molecular weight excluding hydrogens is 260 g/mol. The average Bonchev–Trinajstić information content (AvgIpc) is 2.47. The van der Waals surface area contributed by atoms with Gasteiger partial charge in [-0.2, -0.15) is 0 Å². The smallest absolute Gasteiger partial charge is 0.311 e. The zero-order valence-corrected chi connectivity index (χ0v) is 10.9. The Hall–Kier alpha value is -2.60. The van der Waals surface area contributed by atoms with Crippen LogP contribution in [0.3, 0.4) is 0 Å². The molecule has 0 unspecified atom stereocenters. The van der Waals surface area contributed by atoms with Crippen molar-refractivity contribution < 1.29 is 14.4 Å². The minimum Gasteiger partial charge on any atom is -0.497 e. The summed E-state index contributed by atoms with van der Waals surface area (Å²) in [7, 11) is 1.48. The molecule has 0 heterocycles. The summed E-state index contributed by atoms with van der Waals surface area (Å²) in [4.78, 5) is 10.5. The van der Waals surface area contributed by atoms with E-state index in [4.69, 9.17) is 15.2 Å². The number of ether oxygens (including phenoxy) is 2. The zero-order chi connectivity index (χ0) is 14.5. The molecule has 0 aliphatic carbocycles. The zero-order valence-electron chi connectivity index (χ0n) is 10.9. The molecule has 20 heavy (non-hydrogen) atoms. The first-order chi connectivity index (χ1) is 9.65. The standard InChI is InChI=1S/C14H14N2O4/c1-19-11-6-7-12(16(17)18)14(8-11)20-13-5-3-2-4-10(13)9-15/h2-8H,9,15H2,1H3. The average molecular weight is 274 g/mol. The molecule has 0 aliphatic rings. The molecule has 0 fully saturated rings. The van der Waals surface area contributed by atoms with Gasteiger partial charge in [0.2, 0.25) is 5.75 Å². The van der Waals surface area contributed by atoms with Crippen molar-refractivity contribution in [1.29, 1.82) is 0 Å². The summed E-state index contributed by atoms with van der Waals surface area (Å²) in [5.41, 5.74) is 6.26. The van der Waals surface area contributed by atoms with E-state index in [-0.39, 0.29) is 18.0 Å². The van der Waals surface area contributed by atoms with Gasteiger partial charge in [0.05, 0.1) is 12.0 Å². The number of methoxy groups -OCH3 is 1. The minimum absolute atomic E-state index is 0.121. The fraction of sp³-hybridized carbons (Fsp3) is 0.143. The normalized spacial score (nSPS) is 10.1. The van der Waals surface area contributed by atoms with E-state index in [1.165, 1.54) is 25.3 Å². The lowest BCUT2D eigenvalue weighted by Gasteiger charge is -2.11. The lowest BCUT2D eigenvalue weighted by molar-refractivity contribution is -0.385. The number of nitro benzene ring substituents is 1. The third-order valence-electron chi connectivity index (χ3n) is 2.78. The highest BCUT2D eigenvalue weighted by Gasteiger charge is 2.17. The number of nitrogens with zero attached hydrogens (tertiary/aromatic N) is 1. The summed E-state index contributed by atoms with van der Waals surface area (Å²) in [5.74, 6) is 1.09. The van der Waals surface area contributed by atoms with Crippen molar-refractivity contribution in [2.75, 3.05) is 7.11 Å². The number of rotatable bonds is 5. The third kappa shape index (κ3) is 2.86. The molecular formula is C14H14N2O4. The van der Waals surface area contributed by atoms with Gasteiger partial charge < -0.3 is 15.2 Å². The van der Waals surface area contributed by atoms with Crippen LogP contribution in [0.4, 0.5) is 5.69 Å². The van der Waals surface area contributed by atoms with Gasteiger partial charge in [-0.15, -0.1) is 0 Å². The molecule has 6 nitrogen and oxygen atoms in total. The maximum absolute atomic E-state index is 11.0. The monoisotopic (exact) mass is 274 g/mol. The van der Waals surface area contributed by atoms with E-state index in [2.05, 4.69) is 0 Å². The van der Waals surface area contributed by atoms with Gasteiger partial charge in [-0.1, -0.05) is 18.2 Å². The highest BCUT2D eigenvalue weighted by atomic mass is 16.6. The number of hydrogen-bond donors (Lipinski definition) is 1. The van der Waals surface area contributed by atoms with E-state index in [1.54, 1.807) is 18.2 Å². The molecule has 0 aliphatic heterocycles. The van der Waals surface area contributed by atoms with Crippen molar-refractivity contribution in [2.45, 2.75) is 6.54 Å². The summed E-state index contributed by atoms with van der Waals surface area (Å²) in [6, 6.07) is 11.5. The van der Waals surface area contributed by atoms with Crippen molar-refractivity contribution in [2.24, 2.45) is 5.73 Å². The molecule has 2 aromatic carbocycles. The Morgan fingerprint density at radius 2 is 1.95 bits per heavy atom. The molecule has 0 saturated carbocycles. The molecule has 2 aromatic rings. The molecule has 0 spiro atoms. The number of nitrogens with two attached hydrogens (primary N) is 1. The van der Waals surface area contributed by atoms with E-state index in [0.29, 0.717) is 11.5 Å². The van der Waals surface area contributed by atoms with Crippen LogP contribution in [0.1, 0.15) is 5.56 Å². The van der Waals surface area contributed by atoms with Crippen LogP contribution in [0.5, 0.6) is 17.2 Å². The number of para-hydroxylation sites is 1. The summed E-state index contributed by atoms with van der Waals surface area (Å²) in [6.07, 6.45) is 0. The number of hydrogen-bond acceptors (Lipinski definition) is 5. The Balaban J connectivity index is 2.43. The van der Waals surface area contributed by atoms with Crippen molar-refractivity contribution >= 4 is 5.69 Å². The second kappa shape index (κ2) is 6.03. The Morgan fingerprint density at radius 1 is 1.20 bits per heavy atom. The predicted octanol–water partition coefficient (Wildman–Crippen LogP) is 2.85. The molecule has 0 atom stereocenters. The van der Waals surface area contributed by atoms with Crippen molar-refractivity contribution in [1.82, 2.24) is 0 Å². The number of benzene rings is 2. The van der Waals surface area contributed by atoms with Crippen LogP contribution < -0.4 is 15.2 Å². The van der Waals surface area contributed by atoms with E-state index < -0.39 is 4.92 Å². The van der Waals surface area contributed by atoms with Gasteiger partial charge in [0.25, 0.3) is 0 Å². The van der Waals surface area contributed by atoms with Crippen LogP contribution in [0.2, 0.25) is 0 Å². The summed E-state index contributed by atoms with van der Waals surface area (Å²) >= 11 is 0. The summed E-state index contributed by atoms with van der Waals surface area (Å²) in [5, 5.41) is 11.0. The van der Waals surface area contributed by atoms with Crippen LogP contribution in [0, 0.1) is 10.1 Å². The van der Waals surface area contributed by atoms with Crippen molar-refractivity contribution in [3.63, 3.8) is 0 Å². The predicted molar refractivity (Wildman–Crippen MR) is 74.1 cm³/mol. The highest BCUT2D eigenvalue weighted by Crippen LogP contribution is 2.35. The molecule has 2 rings (SSSR count). The largest absolute Gasteiger partial charge is 0.497 e. The van der Waals surface area contributed by atoms with Crippen molar-refractivity contribution in [3.05, 3.63) is 58.1 Å². The fourth-order valence-electron chi connectivity index (χ4n) is 1.74. The van der Waals surface area contributed by atoms with Gasteiger partial charge in [0.1, 0.15) is 11.5 Å². The van der Waals surface area contributed by atoms with E-state index in [1.807, 2.05) is 6.07 Å². The molecule has 104 valence electrons. The van der Waals surface area contributed by atoms with Crippen LogP contribution in [-0.2, 0) is 6.54 Å². The number of nitro groups is 1. The lowest BCUT2D eigenvalue weighted by Crippen LogP contribution is -2.00. The molecule has 0 saturated heterocycles. The molecule has 6 heteroatoms. The maximum atomic E-state index is 11.0. The van der Waals surface area contributed by atoms with Crippen LogP contribution in [0.15, 0.2) is 42.5 Å². The van der Waals surface area contributed by atoms with Gasteiger partial charge >= 0.3 is 5.69 Å². The fourth-order valence-corrected chi connectivity index (χ4v) is 1.74. The van der Waals surface area contributed by atoms with E-state index in [0.717, 1.165) is 5.56 Å². The molecule has 0 aromatic heterocycles. The third-order valence-corrected chi connectivity index (χ3v) is 2.78. The maximum Gasteiger partial charge on any atom is 0.311 e. The van der Waals surface area contributed by atoms with Crippen LogP contribution in [0.25, 0.3) is 0 Å². The van der Waals surface area contributed by atoms with Gasteiger partial charge in [-0.3, -0.25) is 10.1 Å². The van der Waals surface area contributed by atoms with E-state index in [9.17, 15) is 10.1 Å². The first kappa shape index (κ1) is 13.8. The van der Waals surface area contributed by atoms with Crippen molar-refractivity contribution in [3.8, 4) is 17.2 Å². The topological polar surface area (TPSA) is 87.6 Å². The Kier molecular flexibility index (Phi) is 4.17.